The number of aromatic nitrogens is 4. The molecule has 1 aliphatic rings. The molecule has 0 bridgehead atoms. The number of likely N-dealkylation sites (N-methyl/N-ethyl adjacent to an activating group) is 1. The number of para-hydroxylation sites is 1. The number of anilines is 1. The average molecular weight is 395 g/mol. The summed E-state index contributed by atoms with van der Waals surface area (Å²) in [5, 5.41) is 9.21. The highest BCUT2D eigenvalue weighted by atomic mass is 35.5. The molecule has 144 valence electrons. The summed E-state index contributed by atoms with van der Waals surface area (Å²) in [5.74, 6) is 0.844. The Labute approximate surface area is 168 Å². The van der Waals surface area contributed by atoms with Gasteiger partial charge in [-0.25, -0.2) is 4.98 Å². The molecule has 2 aromatic heterocycles. The Morgan fingerprint density at radius 2 is 1.93 bits per heavy atom. The molecule has 3 heterocycles. The molecule has 1 saturated heterocycles. The molecule has 0 radical (unpaired) electrons. The largest absolute Gasteiger partial charge is 0.369 e. The maximum Gasteiger partial charge on any atom is 0.162 e. The van der Waals surface area contributed by atoms with Crippen LogP contribution in [0.2, 0.25) is 5.02 Å². The summed E-state index contributed by atoms with van der Waals surface area (Å²) in [6, 6.07) is 12.4. The summed E-state index contributed by atoms with van der Waals surface area (Å²) in [7, 11) is 2.05. The number of hydrogen-bond donors (Lipinski definition) is 1. The molecule has 0 unspecified atom stereocenters. The van der Waals surface area contributed by atoms with E-state index in [4.69, 9.17) is 16.6 Å². The molecule has 0 aliphatic carbocycles. The molecule has 0 saturated carbocycles. The number of H-pyrrole nitrogens is 1. The van der Waals surface area contributed by atoms with Gasteiger partial charge in [-0.1, -0.05) is 30.7 Å². The van der Waals surface area contributed by atoms with Crippen LogP contribution in [0.1, 0.15) is 6.92 Å². The highest BCUT2D eigenvalue weighted by Crippen LogP contribution is 2.32. The minimum absolute atomic E-state index is 0.670. The van der Waals surface area contributed by atoms with Crippen LogP contribution in [0.3, 0.4) is 0 Å². The number of benzene rings is 2. The molecule has 0 amide bonds. The molecule has 0 spiro atoms. The zero-order valence-corrected chi connectivity index (χ0v) is 16.9. The van der Waals surface area contributed by atoms with Crippen LogP contribution < -0.4 is 4.90 Å². The highest BCUT2D eigenvalue weighted by Gasteiger charge is 2.19. The SMILES string of the molecule is CCN1CCN(c2ccc3nc(-c4n[nH]c5c(Cl)cccc45)n(C)c3c2)CC1. The lowest BCUT2D eigenvalue weighted by molar-refractivity contribution is 0.271. The Hall–Kier alpha value is -2.57. The van der Waals surface area contributed by atoms with E-state index in [9.17, 15) is 0 Å². The van der Waals surface area contributed by atoms with Gasteiger partial charge in [0, 0.05) is 44.3 Å². The number of hydrogen-bond acceptors (Lipinski definition) is 4. The molecule has 28 heavy (non-hydrogen) atoms. The van der Waals surface area contributed by atoms with Crippen molar-refractivity contribution in [2.75, 3.05) is 37.6 Å². The van der Waals surface area contributed by atoms with Crippen molar-refractivity contribution >= 4 is 39.2 Å². The van der Waals surface area contributed by atoms with Gasteiger partial charge >= 0.3 is 0 Å². The number of nitrogens with one attached hydrogen (secondary N) is 1. The van der Waals surface area contributed by atoms with E-state index >= 15 is 0 Å². The zero-order valence-electron chi connectivity index (χ0n) is 16.1. The molecule has 0 atom stereocenters. The molecule has 5 rings (SSSR count). The van der Waals surface area contributed by atoms with Gasteiger partial charge in [0.15, 0.2) is 5.82 Å². The Morgan fingerprint density at radius 1 is 1.11 bits per heavy atom. The van der Waals surface area contributed by atoms with Gasteiger partial charge in [-0.15, -0.1) is 0 Å². The first kappa shape index (κ1) is 17.5. The van der Waals surface area contributed by atoms with Gasteiger partial charge in [0.05, 0.1) is 21.6 Å². The van der Waals surface area contributed by atoms with Gasteiger partial charge in [-0.05, 0) is 30.8 Å². The van der Waals surface area contributed by atoms with E-state index in [-0.39, 0.29) is 0 Å². The van der Waals surface area contributed by atoms with Crippen molar-refractivity contribution < 1.29 is 0 Å². The zero-order chi connectivity index (χ0) is 19.3. The second kappa shape index (κ2) is 6.79. The number of piperazine rings is 1. The molecule has 1 N–H and O–H groups in total. The lowest BCUT2D eigenvalue weighted by Gasteiger charge is -2.35. The number of rotatable bonds is 3. The second-order valence-electron chi connectivity index (χ2n) is 7.32. The molecule has 4 aromatic rings. The molecule has 1 fully saturated rings. The third-order valence-corrected chi connectivity index (χ3v) is 6.12. The smallest absolute Gasteiger partial charge is 0.162 e. The summed E-state index contributed by atoms with van der Waals surface area (Å²) in [5.41, 5.74) is 5.03. The van der Waals surface area contributed by atoms with Gasteiger partial charge in [0.25, 0.3) is 0 Å². The third kappa shape index (κ3) is 2.75. The number of imidazole rings is 1. The van der Waals surface area contributed by atoms with Gasteiger partial charge in [0.2, 0.25) is 0 Å². The summed E-state index contributed by atoms with van der Waals surface area (Å²) in [6.45, 7) is 7.71. The van der Waals surface area contributed by atoms with Crippen molar-refractivity contribution in [1.82, 2.24) is 24.6 Å². The first-order chi connectivity index (χ1) is 13.7. The van der Waals surface area contributed by atoms with Crippen molar-refractivity contribution in [3.05, 3.63) is 41.4 Å². The van der Waals surface area contributed by atoms with Crippen LogP contribution in [0.4, 0.5) is 5.69 Å². The van der Waals surface area contributed by atoms with E-state index in [0.717, 1.165) is 66.2 Å². The highest BCUT2D eigenvalue weighted by molar-refractivity contribution is 6.35. The standard InChI is InChI=1S/C21H23ClN6/c1-3-27-9-11-28(12-10-27)14-7-8-17-18(13-14)26(2)21(23-17)20-15-5-4-6-16(22)19(15)24-25-20/h4-8,13H,3,9-12H2,1-2H3,(H,24,25). The predicted molar refractivity (Wildman–Crippen MR) is 115 cm³/mol. The Morgan fingerprint density at radius 3 is 2.71 bits per heavy atom. The number of fused-ring (bicyclic) bond motifs is 2. The van der Waals surface area contributed by atoms with E-state index in [1.54, 1.807) is 0 Å². The van der Waals surface area contributed by atoms with Crippen molar-refractivity contribution in [3.8, 4) is 11.5 Å². The summed E-state index contributed by atoms with van der Waals surface area (Å²) in [6.07, 6.45) is 0. The van der Waals surface area contributed by atoms with Crippen molar-refractivity contribution in [1.29, 1.82) is 0 Å². The molecular formula is C21H23ClN6. The molecular weight excluding hydrogens is 372 g/mol. The number of aromatic amines is 1. The van der Waals surface area contributed by atoms with Crippen molar-refractivity contribution in [2.24, 2.45) is 7.05 Å². The van der Waals surface area contributed by atoms with Crippen LogP contribution in [-0.2, 0) is 7.05 Å². The first-order valence-corrected chi connectivity index (χ1v) is 10.1. The fraction of sp³-hybridized carbons (Fsp3) is 0.333. The minimum atomic E-state index is 0.670. The number of nitrogens with zero attached hydrogens (tertiary/aromatic N) is 5. The van der Waals surface area contributed by atoms with Crippen molar-refractivity contribution in [3.63, 3.8) is 0 Å². The fourth-order valence-electron chi connectivity index (χ4n) is 4.09. The predicted octanol–water partition coefficient (Wildman–Crippen LogP) is 3.91. The molecule has 7 heteroatoms. The Bertz CT molecular complexity index is 1150. The van der Waals surface area contributed by atoms with E-state index in [1.807, 2.05) is 18.2 Å². The van der Waals surface area contributed by atoms with Crippen LogP contribution in [0.25, 0.3) is 33.5 Å². The van der Waals surface area contributed by atoms with Gasteiger partial charge in [0.1, 0.15) is 5.69 Å². The lowest BCUT2D eigenvalue weighted by atomic mass is 10.2. The van der Waals surface area contributed by atoms with Crippen LogP contribution in [0.5, 0.6) is 0 Å². The maximum absolute atomic E-state index is 6.30. The number of halogens is 1. The lowest BCUT2D eigenvalue weighted by Crippen LogP contribution is -2.46. The van der Waals surface area contributed by atoms with E-state index in [2.05, 4.69) is 56.7 Å². The normalized spacial score (nSPS) is 15.8. The topological polar surface area (TPSA) is 53.0 Å². The number of aryl methyl sites for hydroxylation is 1. The van der Waals surface area contributed by atoms with Crippen LogP contribution in [-0.4, -0.2) is 57.4 Å². The average Bonchev–Trinajstić information content (AvgIpc) is 3.30. The van der Waals surface area contributed by atoms with Crippen LogP contribution in [0, 0.1) is 0 Å². The third-order valence-electron chi connectivity index (χ3n) is 5.81. The monoisotopic (exact) mass is 394 g/mol. The summed E-state index contributed by atoms with van der Waals surface area (Å²) in [4.78, 5) is 9.81. The fourth-order valence-corrected chi connectivity index (χ4v) is 4.30. The Balaban J connectivity index is 1.55. The Kier molecular flexibility index (Phi) is 4.25. The quantitative estimate of drug-likeness (QED) is 0.572. The summed E-state index contributed by atoms with van der Waals surface area (Å²) >= 11 is 6.30. The molecule has 1 aliphatic heterocycles. The van der Waals surface area contributed by atoms with Gasteiger partial charge < -0.3 is 14.4 Å². The van der Waals surface area contributed by atoms with E-state index < -0.39 is 0 Å². The minimum Gasteiger partial charge on any atom is -0.369 e. The molecule has 6 nitrogen and oxygen atoms in total. The van der Waals surface area contributed by atoms with E-state index in [1.165, 1.54) is 5.69 Å². The second-order valence-corrected chi connectivity index (χ2v) is 7.73. The van der Waals surface area contributed by atoms with Gasteiger partial charge in [-0.3, -0.25) is 5.10 Å². The van der Waals surface area contributed by atoms with Crippen molar-refractivity contribution in [2.45, 2.75) is 6.92 Å². The molecule has 2 aromatic carbocycles. The van der Waals surface area contributed by atoms with Crippen LogP contribution in [0.15, 0.2) is 36.4 Å². The summed E-state index contributed by atoms with van der Waals surface area (Å²) < 4.78 is 2.12. The van der Waals surface area contributed by atoms with Gasteiger partial charge in [-0.2, -0.15) is 5.10 Å². The first-order valence-electron chi connectivity index (χ1n) is 9.72. The maximum atomic E-state index is 6.30. The van der Waals surface area contributed by atoms with E-state index in [0.29, 0.717) is 5.02 Å². The van der Waals surface area contributed by atoms with Crippen LogP contribution >= 0.6 is 11.6 Å².